The number of piperidine rings is 1. The molecule has 1 fully saturated rings. The molecule has 1 saturated heterocycles. The summed E-state index contributed by atoms with van der Waals surface area (Å²) in [5, 5.41) is 23.6. The van der Waals surface area contributed by atoms with Gasteiger partial charge in [0.15, 0.2) is 11.5 Å². The molecular weight excluding hydrogens is 360 g/mol. The van der Waals surface area contributed by atoms with E-state index in [2.05, 4.69) is 30.2 Å². The molecule has 3 rings (SSSR count). The highest BCUT2D eigenvalue weighted by Gasteiger charge is 2.24. The molecule has 0 spiro atoms. The Morgan fingerprint density at radius 3 is 2.88 bits per heavy atom. The van der Waals surface area contributed by atoms with Gasteiger partial charge in [0.1, 0.15) is 5.00 Å². The number of hydrogen-bond acceptors (Lipinski definition) is 9. The number of amides is 2. The van der Waals surface area contributed by atoms with Gasteiger partial charge in [0.2, 0.25) is 5.95 Å². The first kappa shape index (κ1) is 17.8. The van der Waals surface area contributed by atoms with Crippen LogP contribution in [0.3, 0.4) is 0 Å². The van der Waals surface area contributed by atoms with Gasteiger partial charge in [-0.1, -0.05) is 0 Å². The zero-order valence-corrected chi connectivity index (χ0v) is 14.8. The Kier molecular flexibility index (Phi) is 5.11. The lowest BCUT2D eigenvalue weighted by Gasteiger charge is -2.31. The highest BCUT2D eigenvalue weighted by atomic mass is 32.1. The largest absolute Gasteiger partial charge is 0.465 e. The summed E-state index contributed by atoms with van der Waals surface area (Å²) in [4.78, 5) is 28.3. The molecule has 0 aromatic carbocycles. The fraction of sp³-hybridized carbons (Fsp3) is 0.429. The quantitative estimate of drug-likeness (QED) is 0.596. The van der Waals surface area contributed by atoms with Crippen LogP contribution in [0.25, 0.3) is 0 Å². The van der Waals surface area contributed by atoms with E-state index in [9.17, 15) is 9.59 Å². The van der Waals surface area contributed by atoms with Crippen LogP contribution in [-0.4, -0.2) is 60.7 Å². The molecule has 5 N–H and O–H groups in total. The number of nitrogens with zero attached hydrogens (tertiary/aromatic N) is 5. The maximum Gasteiger partial charge on any atom is 0.407 e. The molecule has 11 nitrogen and oxygen atoms in total. The van der Waals surface area contributed by atoms with Crippen LogP contribution in [0.1, 0.15) is 29.0 Å². The molecule has 3 heterocycles. The number of primary amides is 1. The van der Waals surface area contributed by atoms with Gasteiger partial charge in [-0.25, -0.2) is 4.79 Å². The minimum Gasteiger partial charge on any atom is -0.465 e. The number of carboxylic acid groups (broad SMARTS) is 1. The Labute approximate surface area is 152 Å². The predicted molar refractivity (Wildman–Crippen MR) is 94.7 cm³/mol. The molecule has 0 radical (unpaired) electrons. The van der Waals surface area contributed by atoms with Crippen molar-refractivity contribution >= 4 is 40.3 Å². The fourth-order valence-corrected chi connectivity index (χ4v) is 3.29. The van der Waals surface area contributed by atoms with Crippen LogP contribution in [0, 0.1) is 6.92 Å². The molecular formula is C14H18N8O3S. The van der Waals surface area contributed by atoms with E-state index in [4.69, 9.17) is 10.8 Å². The van der Waals surface area contributed by atoms with Crippen LogP contribution in [0.5, 0.6) is 0 Å². The van der Waals surface area contributed by atoms with Crippen LogP contribution >= 0.6 is 11.5 Å². The lowest BCUT2D eigenvalue weighted by atomic mass is 10.1. The maximum atomic E-state index is 11.6. The first-order chi connectivity index (χ1) is 12.4. The predicted octanol–water partition coefficient (Wildman–Crippen LogP) is 1.03. The Morgan fingerprint density at radius 1 is 1.42 bits per heavy atom. The fourth-order valence-electron chi connectivity index (χ4n) is 2.63. The van der Waals surface area contributed by atoms with E-state index in [0.29, 0.717) is 18.1 Å². The lowest BCUT2D eigenvalue weighted by Crippen LogP contribution is -2.44. The number of nitrogens with two attached hydrogens (primary N) is 1. The molecule has 0 saturated carbocycles. The third kappa shape index (κ3) is 4.14. The Hall–Kier alpha value is -3.02. The van der Waals surface area contributed by atoms with Crippen molar-refractivity contribution in [2.75, 3.05) is 23.7 Å². The third-order valence-electron chi connectivity index (χ3n) is 3.81. The van der Waals surface area contributed by atoms with Crippen LogP contribution in [-0.2, 0) is 0 Å². The number of hydrogen-bond donors (Lipinski definition) is 4. The number of aryl methyl sites for hydroxylation is 1. The number of aromatic nitrogens is 4. The summed E-state index contributed by atoms with van der Waals surface area (Å²) in [7, 11) is 0. The number of anilines is 3. The second kappa shape index (κ2) is 7.47. The van der Waals surface area contributed by atoms with Gasteiger partial charge < -0.3 is 26.4 Å². The topological polar surface area (TPSA) is 159 Å². The molecule has 2 aromatic heterocycles. The zero-order valence-electron chi connectivity index (χ0n) is 14.0. The number of carbonyl (C=O) groups excluding carboxylic acids is 1. The Balaban J connectivity index is 1.78. The van der Waals surface area contributed by atoms with Crippen LogP contribution < -0.4 is 16.4 Å². The van der Waals surface area contributed by atoms with E-state index in [1.807, 2.05) is 6.92 Å². The zero-order chi connectivity index (χ0) is 18.7. The molecule has 26 heavy (non-hydrogen) atoms. The summed E-state index contributed by atoms with van der Waals surface area (Å²) < 4.78 is 4.15. The number of likely N-dealkylation sites (tertiary alicyclic amines) is 1. The van der Waals surface area contributed by atoms with E-state index >= 15 is 0 Å². The van der Waals surface area contributed by atoms with E-state index < -0.39 is 12.0 Å². The van der Waals surface area contributed by atoms with Crippen LogP contribution in [0.2, 0.25) is 0 Å². The number of rotatable bonds is 5. The molecule has 1 aliphatic heterocycles. The first-order valence-corrected chi connectivity index (χ1v) is 8.69. The third-order valence-corrected chi connectivity index (χ3v) is 4.61. The van der Waals surface area contributed by atoms with Crippen LogP contribution in [0.4, 0.5) is 21.6 Å². The summed E-state index contributed by atoms with van der Waals surface area (Å²) in [6.45, 7) is 2.68. The summed E-state index contributed by atoms with van der Waals surface area (Å²) in [5.74, 6) is -0.393. The maximum absolute atomic E-state index is 11.6. The highest BCUT2D eigenvalue weighted by Crippen LogP contribution is 2.23. The van der Waals surface area contributed by atoms with E-state index in [1.165, 1.54) is 16.4 Å². The van der Waals surface area contributed by atoms with E-state index in [-0.39, 0.29) is 23.5 Å². The second-order valence-electron chi connectivity index (χ2n) is 5.87. The number of nitrogens with one attached hydrogen (secondary N) is 2. The van der Waals surface area contributed by atoms with Gasteiger partial charge in [-0.05, 0) is 37.4 Å². The van der Waals surface area contributed by atoms with Gasteiger partial charge in [0.05, 0.1) is 5.69 Å². The van der Waals surface area contributed by atoms with E-state index in [0.717, 1.165) is 18.5 Å². The average molecular weight is 378 g/mol. The highest BCUT2D eigenvalue weighted by molar-refractivity contribution is 7.10. The van der Waals surface area contributed by atoms with E-state index in [1.54, 1.807) is 6.07 Å². The molecule has 0 bridgehead atoms. The van der Waals surface area contributed by atoms with Crippen LogP contribution in [0.15, 0.2) is 6.07 Å². The lowest BCUT2D eigenvalue weighted by molar-refractivity contribution is 0.0995. The molecule has 2 amide bonds. The minimum absolute atomic E-state index is 0.0857. The van der Waals surface area contributed by atoms with Crippen molar-refractivity contribution in [3.63, 3.8) is 0 Å². The number of carbonyl (C=O) groups is 2. The van der Waals surface area contributed by atoms with Gasteiger partial charge in [-0.2, -0.15) is 9.36 Å². The van der Waals surface area contributed by atoms with Crippen molar-refractivity contribution in [1.29, 1.82) is 0 Å². The van der Waals surface area contributed by atoms with Gasteiger partial charge in [-0.15, -0.1) is 10.2 Å². The Morgan fingerprint density at radius 2 is 2.23 bits per heavy atom. The first-order valence-electron chi connectivity index (χ1n) is 7.91. The van der Waals surface area contributed by atoms with Crippen molar-refractivity contribution in [1.82, 2.24) is 24.5 Å². The van der Waals surface area contributed by atoms with Gasteiger partial charge in [0.25, 0.3) is 5.91 Å². The van der Waals surface area contributed by atoms with Gasteiger partial charge in [0, 0.05) is 19.1 Å². The normalized spacial score (nSPS) is 17.0. The molecule has 1 atom stereocenters. The SMILES string of the molecule is Cc1cc(Nc2nc(NC3CCCN(C(=O)O)C3)nnc2C(N)=O)sn1. The molecule has 138 valence electrons. The Bertz CT molecular complexity index is 826. The second-order valence-corrected chi connectivity index (χ2v) is 6.67. The summed E-state index contributed by atoms with van der Waals surface area (Å²) >= 11 is 1.22. The molecule has 2 aromatic rings. The monoisotopic (exact) mass is 378 g/mol. The standard InChI is InChI=1S/C14H18N8O3S/c1-7-5-9(26-21-7)17-12-10(11(15)23)19-20-13(18-12)16-8-3-2-4-22(6-8)14(24)25/h5,8H,2-4,6H2,1H3,(H2,15,23)(H,24,25)(H2,16,17,18,20). The summed E-state index contributed by atoms with van der Waals surface area (Å²) in [6, 6.07) is 1.66. The molecule has 0 aliphatic carbocycles. The van der Waals surface area contributed by atoms with Gasteiger partial charge in [-0.3, -0.25) is 4.79 Å². The minimum atomic E-state index is -0.956. The molecule has 1 unspecified atom stereocenters. The van der Waals surface area contributed by atoms with Crippen molar-refractivity contribution < 1.29 is 14.7 Å². The molecule has 12 heteroatoms. The van der Waals surface area contributed by atoms with Crippen molar-refractivity contribution in [3.8, 4) is 0 Å². The van der Waals surface area contributed by atoms with Crippen molar-refractivity contribution in [2.45, 2.75) is 25.8 Å². The van der Waals surface area contributed by atoms with Gasteiger partial charge >= 0.3 is 6.09 Å². The van der Waals surface area contributed by atoms with Crippen molar-refractivity contribution in [2.24, 2.45) is 5.73 Å². The molecule has 1 aliphatic rings. The smallest absolute Gasteiger partial charge is 0.407 e. The summed E-state index contributed by atoms with van der Waals surface area (Å²) in [5.41, 5.74) is 6.08. The summed E-state index contributed by atoms with van der Waals surface area (Å²) in [6.07, 6.45) is 0.561. The van der Waals surface area contributed by atoms with Crippen molar-refractivity contribution in [3.05, 3.63) is 17.5 Å². The average Bonchev–Trinajstić information content (AvgIpc) is 3.00.